The zero-order chi connectivity index (χ0) is 21.3. The van der Waals surface area contributed by atoms with Crippen LogP contribution < -0.4 is 4.90 Å². The first-order valence-corrected chi connectivity index (χ1v) is 10.9. The number of amides is 2. The van der Waals surface area contributed by atoms with Crippen LogP contribution >= 0.6 is 23.2 Å². The van der Waals surface area contributed by atoms with Gasteiger partial charge >= 0.3 is 0 Å². The summed E-state index contributed by atoms with van der Waals surface area (Å²) in [5, 5.41) is 0.150. The summed E-state index contributed by atoms with van der Waals surface area (Å²) >= 11 is 12.0. The summed E-state index contributed by atoms with van der Waals surface area (Å²) in [7, 11) is -4.22. The Hall–Kier alpha value is -2.19. The molecule has 1 saturated heterocycles. The number of sulfonamides is 1. The second-order valence-electron chi connectivity index (χ2n) is 6.56. The Bertz CT molecular complexity index is 1080. The molecule has 2 amide bonds. The minimum absolute atomic E-state index is 0.0318. The third kappa shape index (κ3) is 4.09. The first kappa shape index (κ1) is 21.5. The van der Waals surface area contributed by atoms with E-state index in [4.69, 9.17) is 23.2 Å². The minimum atomic E-state index is -4.22. The third-order valence-electron chi connectivity index (χ3n) is 4.55. The maximum Gasteiger partial charge on any atom is 0.252 e. The molecule has 2 aromatic carbocycles. The number of carbonyl (C=O) groups excluding carboxylic acids is 2. The SMILES string of the molecule is C=CCN(C1CC(=O)N(c2ccc(C)cc2)C1=O)S(=O)(=O)c1cc(Cl)ccc1Cl. The van der Waals surface area contributed by atoms with Gasteiger partial charge in [0.05, 0.1) is 17.1 Å². The summed E-state index contributed by atoms with van der Waals surface area (Å²) in [5.41, 5.74) is 1.36. The Morgan fingerprint density at radius 1 is 1.17 bits per heavy atom. The number of hydrogen-bond donors (Lipinski definition) is 0. The van der Waals surface area contributed by atoms with Gasteiger partial charge in [-0.05, 0) is 37.3 Å². The normalized spacial score (nSPS) is 17.2. The highest BCUT2D eigenvalue weighted by Crippen LogP contribution is 2.32. The summed E-state index contributed by atoms with van der Waals surface area (Å²) in [5.74, 6) is -1.10. The number of carbonyl (C=O) groups is 2. The molecule has 0 radical (unpaired) electrons. The molecule has 9 heteroatoms. The largest absolute Gasteiger partial charge is 0.274 e. The topological polar surface area (TPSA) is 74.8 Å². The highest BCUT2D eigenvalue weighted by molar-refractivity contribution is 7.89. The lowest BCUT2D eigenvalue weighted by atomic mass is 10.2. The van der Waals surface area contributed by atoms with Crippen LogP contribution in [-0.4, -0.2) is 37.1 Å². The lowest BCUT2D eigenvalue weighted by molar-refractivity contribution is -0.122. The van der Waals surface area contributed by atoms with Crippen LogP contribution in [0.1, 0.15) is 12.0 Å². The number of aryl methyl sites for hydroxylation is 1. The number of benzene rings is 2. The molecule has 1 unspecified atom stereocenters. The summed E-state index contributed by atoms with van der Waals surface area (Å²) in [4.78, 5) is 26.4. The molecular weight excluding hydrogens is 435 g/mol. The van der Waals surface area contributed by atoms with Gasteiger partial charge in [0.2, 0.25) is 15.9 Å². The highest BCUT2D eigenvalue weighted by atomic mass is 35.5. The summed E-state index contributed by atoms with van der Waals surface area (Å²) in [6.07, 6.45) is 1.07. The monoisotopic (exact) mass is 452 g/mol. The molecule has 0 aromatic heterocycles. The molecule has 1 fully saturated rings. The van der Waals surface area contributed by atoms with Crippen LogP contribution in [0.5, 0.6) is 0 Å². The quantitative estimate of drug-likeness (QED) is 0.493. The van der Waals surface area contributed by atoms with E-state index in [2.05, 4.69) is 6.58 Å². The van der Waals surface area contributed by atoms with E-state index in [1.165, 1.54) is 24.3 Å². The van der Waals surface area contributed by atoms with E-state index >= 15 is 0 Å². The van der Waals surface area contributed by atoms with Crippen LogP contribution in [0.4, 0.5) is 5.69 Å². The van der Waals surface area contributed by atoms with E-state index in [0.29, 0.717) is 5.69 Å². The molecule has 0 saturated carbocycles. The molecule has 152 valence electrons. The Morgan fingerprint density at radius 2 is 1.83 bits per heavy atom. The van der Waals surface area contributed by atoms with E-state index in [0.717, 1.165) is 14.8 Å². The van der Waals surface area contributed by atoms with Crippen molar-refractivity contribution >= 4 is 50.7 Å². The van der Waals surface area contributed by atoms with Crippen molar-refractivity contribution in [2.75, 3.05) is 11.4 Å². The molecule has 3 rings (SSSR count). The number of halogens is 2. The Labute approximate surface area is 179 Å². The van der Waals surface area contributed by atoms with E-state index in [9.17, 15) is 18.0 Å². The fourth-order valence-electron chi connectivity index (χ4n) is 3.13. The average molecular weight is 453 g/mol. The van der Waals surface area contributed by atoms with Crippen LogP contribution in [0, 0.1) is 6.92 Å². The van der Waals surface area contributed by atoms with Crippen molar-refractivity contribution in [1.29, 1.82) is 0 Å². The van der Waals surface area contributed by atoms with Gasteiger partial charge in [0.25, 0.3) is 5.91 Å². The van der Waals surface area contributed by atoms with Crippen LogP contribution in [0.25, 0.3) is 0 Å². The van der Waals surface area contributed by atoms with E-state index in [1.54, 1.807) is 24.3 Å². The molecule has 0 spiro atoms. The number of anilines is 1. The number of hydrogen-bond acceptors (Lipinski definition) is 4. The number of rotatable bonds is 6. The van der Waals surface area contributed by atoms with Gasteiger partial charge in [-0.1, -0.05) is 47.0 Å². The molecule has 1 atom stereocenters. The van der Waals surface area contributed by atoms with Gasteiger partial charge < -0.3 is 0 Å². The zero-order valence-corrected chi connectivity index (χ0v) is 17.8. The van der Waals surface area contributed by atoms with E-state index < -0.39 is 27.9 Å². The Balaban J connectivity index is 2.02. The van der Waals surface area contributed by atoms with E-state index in [-0.39, 0.29) is 27.9 Å². The minimum Gasteiger partial charge on any atom is -0.274 e. The third-order valence-corrected chi connectivity index (χ3v) is 7.14. The lowest BCUT2D eigenvalue weighted by Gasteiger charge is -2.26. The van der Waals surface area contributed by atoms with Crippen molar-refractivity contribution in [3.63, 3.8) is 0 Å². The van der Waals surface area contributed by atoms with Crippen LogP contribution in [0.15, 0.2) is 60.0 Å². The summed E-state index contributed by atoms with van der Waals surface area (Å²) < 4.78 is 27.5. The fourth-order valence-corrected chi connectivity index (χ4v) is 5.42. The standard InChI is InChI=1S/C20H18Cl2N2O4S/c1-3-10-23(29(27,28)18-11-14(21)6-9-16(18)22)17-12-19(25)24(20(17)26)15-7-4-13(2)5-8-15/h3-9,11,17H,1,10,12H2,2H3. The molecular formula is C20H18Cl2N2O4S. The molecule has 29 heavy (non-hydrogen) atoms. The maximum atomic E-state index is 13.3. The van der Waals surface area contributed by atoms with Crippen LogP contribution in [0.3, 0.4) is 0 Å². The van der Waals surface area contributed by atoms with Crippen LogP contribution in [-0.2, 0) is 19.6 Å². The van der Waals surface area contributed by atoms with Crippen molar-refractivity contribution in [3.05, 3.63) is 70.7 Å². The molecule has 2 aromatic rings. The molecule has 0 aliphatic carbocycles. The predicted octanol–water partition coefficient (Wildman–Crippen LogP) is 3.81. The van der Waals surface area contributed by atoms with Crippen molar-refractivity contribution in [2.24, 2.45) is 0 Å². The van der Waals surface area contributed by atoms with Gasteiger partial charge in [0.1, 0.15) is 10.9 Å². The van der Waals surface area contributed by atoms with E-state index in [1.807, 2.05) is 6.92 Å². The van der Waals surface area contributed by atoms with Crippen molar-refractivity contribution in [3.8, 4) is 0 Å². The van der Waals surface area contributed by atoms with Gasteiger partial charge in [0, 0.05) is 11.6 Å². The van der Waals surface area contributed by atoms with Gasteiger partial charge in [0.15, 0.2) is 0 Å². The van der Waals surface area contributed by atoms with Gasteiger partial charge in [-0.25, -0.2) is 13.3 Å². The van der Waals surface area contributed by atoms with Crippen LogP contribution in [0.2, 0.25) is 10.0 Å². The second kappa shape index (κ2) is 8.28. The molecule has 0 N–H and O–H groups in total. The second-order valence-corrected chi connectivity index (χ2v) is 9.26. The maximum absolute atomic E-state index is 13.3. The lowest BCUT2D eigenvalue weighted by Crippen LogP contribution is -2.45. The average Bonchev–Trinajstić information content (AvgIpc) is 2.96. The molecule has 1 aliphatic rings. The first-order valence-electron chi connectivity index (χ1n) is 8.68. The number of imide groups is 1. The Kier molecular flexibility index (Phi) is 6.14. The molecule has 6 nitrogen and oxygen atoms in total. The van der Waals surface area contributed by atoms with Crippen molar-refractivity contribution in [2.45, 2.75) is 24.3 Å². The summed E-state index contributed by atoms with van der Waals surface area (Å²) in [6, 6.07) is 9.67. The van der Waals surface area contributed by atoms with Gasteiger partial charge in [-0.15, -0.1) is 6.58 Å². The smallest absolute Gasteiger partial charge is 0.252 e. The number of nitrogens with zero attached hydrogens (tertiary/aromatic N) is 2. The highest BCUT2D eigenvalue weighted by Gasteiger charge is 2.46. The molecule has 0 bridgehead atoms. The van der Waals surface area contributed by atoms with Crippen molar-refractivity contribution < 1.29 is 18.0 Å². The predicted molar refractivity (Wildman–Crippen MR) is 113 cm³/mol. The summed E-state index contributed by atoms with van der Waals surface area (Å²) in [6.45, 7) is 5.29. The van der Waals surface area contributed by atoms with Crippen molar-refractivity contribution in [1.82, 2.24) is 4.31 Å². The first-order chi connectivity index (χ1) is 13.7. The van der Waals surface area contributed by atoms with Gasteiger partial charge in [-0.2, -0.15) is 4.31 Å². The zero-order valence-electron chi connectivity index (χ0n) is 15.5. The van der Waals surface area contributed by atoms with Gasteiger partial charge in [-0.3, -0.25) is 9.59 Å². The fraction of sp³-hybridized carbons (Fsp3) is 0.200. The molecule has 1 aliphatic heterocycles. The Morgan fingerprint density at radius 3 is 2.45 bits per heavy atom. The molecule has 1 heterocycles.